The number of halogens is 3. The van der Waals surface area contributed by atoms with Crippen molar-refractivity contribution in [1.82, 2.24) is 4.90 Å². The minimum absolute atomic E-state index is 0.159. The molecule has 0 bridgehead atoms. The topological polar surface area (TPSA) is 52.6 Å². The van der Waals surface area contributed by atoms with Gasteiger partial charge in [-0.05, 0) is 73.0 Å². The van der Waals surface area contributed by atoms with Crippen molar-refractivity contribution >= 4 is 46.5 Å². The lowest BCUT2D eigenvalue weighted by molar-refractivity contribution is 0.102. The Hall–Kier alpha value is -3.09. The first-order chi connectivity index (χ1) is 15.8. The smallest absolute Gasteiger partial charge is 0.320 e. The number of amides is 3. The van der Waals surface area contributed by atoms with Gasteiger partial charge in [0.15, 0.2) is 0 Å². The lowest BCUT2D eigenvalue weighted by Crippen LogP contribution is -2.49. The molecule has 0 unspecified atom stereocenters. The van der Waals surface area contributed by atoms with Crippen LogP contribution in [-0.2, 0) is 6.54 Å². The van der Waals surface area contributed by atoms with E-state index in [1.165, 1.54) is 24.3 Å². The highest BCUT2D eigenvalue weighted by Crippen LogP contribution is 2.31. The maximum Gasteiger partial charge on any atom is 0.324 e. The molecule has 0 aliphatic carbocycles. The van der Waals surface area contributed by atoms with Crippen LogP contribution in [0.25, 0.3) is 0 Å². The van der Waals surface area contributed by atoms with E-state index in [2.05, 4.69) is 5.32 Å². The van der Waals surface area contributed by atoms with Crippen LogP contribution >= 0.6 is 23.2 Å². The average Bonchev–Trinajstić information content (AvgIpc) is 2.79. The molecule has 3 aromatic rings. The van der Waals surface area contributed by atoms with E-state index in [9.17, 15) is 14.0 Å². The molecule has 0 spiro atoms. The van der Waals surface area contributed by atoms with Crippen LogP contribution in [0.15, 0.2) is 60.7 Å². The van der Waals surface area contributed by atoms with Crippen LogP contribution in [0.4, 0.5) is 20.6 Å². The largest absolute Gasteiger partial charge is 0.324 e. The molecule has 5 nitrogen and oxygen atoms in total. The summed E-state index contributed by atoms with van der Waals surface area (Å²) >= 11 is 12.1. The molecule has 33 heavy (non-hydrogen) atoms. The highest BCUT2D eigenvalue weighted by molar-refractivity contribution is 6.42. The lowest BCUT2D eigenvalue weighted by Gasteiger charge is -2.36. The number of nitrogens with zero attached hydrogens (tertiary/aromatic N) is 2. The average molecular weight is 486 g/mol. The van der Waals surface area contributed by atoms with Crippen molar-refractivity contribution < 1.29 is 14.0 Å². The number of urea groups is 1. The summed E-state index contributed by atoms with van der Waals surface area (Å²) in [6, 6.07) is 16.0. The van der Waals surface area contributed by atoms with Gasteiger partial charge in [-0.1, -0.05) is 35.3 Å². The molecule has 0 atom stereocenters. The van der Waals surface area contributed by atoms with E-state index in [4.69, 9.17) is 23.2 Å². The second kappa shape index (κ2) is 9.81. The number of benzene rings is 3. The quantitative estimate of drug-likeness (QED) is 0.446. The third-order valence-electron chi connectivity index (χ3n) is 5.47. The Morgan fingerprint density at radius 2 is 1.76 bits per heavy atom. The Balaban J connectivity index is 1.57. The van der Waals surface area contributed by atoms with Gasteiger partial charge in [-0.3, -0.25) is 9.69 Å². The summed E-state index contributed by atoms with van der Waals surface area (Å²) in [7, 11) is 0. The summed E-state index contributed by atoms with van der Waals surface area (Å²) in [5.74, 6) is -0.789. The molecule has 0 aromatic heterocycles. The molecular formula is C25H22Cl2FN3O2. The SMILES string of the molecule is Cc1ccc(N2CCCN(Cc3ccc(Cl)c(Cl)c3)C2=O)c(NC(=O)c2ccc(F)cc2)c1. The number of carbonyl (C=O) groups is 2. The van der Waals surface area contributed by atoms with Gasteiger partial charge in [0.05, 0.1) is 21.4 Å². The lowest BCUT2D eigenvalue weighted by atomic mass is 10.1. The summed E-state index contributed by atoms with van der Waals surface area (Å²) in [4.78, 5) is 29.5. The first-order valence-corrected chi connectivity index (χ1v) is 11.3. The molecule has 8 heteroatoms. The van der Waals surface area contributed by atoms with E-state index < -0.39 is 5.82 Å². The Kier molecular flexibility index (Phi) is 6.86. The van der Waals surface area contributed by atoms with Crippen LogP contribution in [0, 0.1) is 12.7 Å². The second-order valence-electron chi connectivity index (χ2n) is 7.94. The molecule has 1 fully saturated rings. The zero-order valence-electron chi connectivity index (χ0n) is 17.9. The van der Waals surface area contributed by atoms with Crippen LogP contribution < -0.4 is 10.2 Å². The molecule has 1 aliphatic rings. The van der Waals surface area contributed by atoms with Crippen molar-refractivity contribution in [2.24, 2.45) is 0 Å². The van der Waals surface area contributed by atoms with Crippen molar-refractivity contribution in [2.45, 2.75) is 19.9 Å². The molecule has 1 aliphatic heterocycles. The van der Waals surface area contributed by atoms with E-state index in [0.29, 0.717) is 46.6 Å². The Labute approximate surface area is 201 Å². The molecule has 1 heterocycles. The van der Waals surface area contributed by atoms with Crippen molar-refractivity contribution in [3.63, 3.8) is 0 Å². The van der Waals surface area contributed by atoms with Gasteiger partial charge in [-0.2, -0.15) is 0 Å². The number of hydrogen-bond donors (Lipinski definition) is 1. The zero-order chi connectivity index (χ0) is 23.5. The van der Waals surface area contributed by atoms with Gasteiger partial charge >= 0.3 is 6.03 Å². The molecule has 1 N–H and O–H groups in total. The molecule has 1 saturated heterocycles. The van der Waals surface area contributed by atoms with Gasteiger partial charge in [0.1, 0.15) is 5.82 Å². The number of carbonyl (C=O) groups excluding carboxylic acids is 2. The summed E-state index contributed by atoms with van der Waals surface area (Å²) in [6.45, 7) is 3.44. The van der Waals surface area contributed by atoms with E-state index in [-0.39, 0.29) is 11.9 Å². The Bertz CT molecular complexity index is 1200. The van der Waals surface area contributed by atoms with E-state index in [1.807, 2.05) is 31.2 Å². The minimum Gasteiger partial charge on any atom is -0.320 e. The van der Waals surface area contributed by atoms with Crippen molar-refractivity contribution in [3.05, 3.63) is 93.2 Å². The molecule has 4 rings (SSSR count). The van der Waals surface area contributed by atoms with Crippen molar-refractivity contribution in [1.29, 1.82) is 0 Å². The fraction of sp³-hybridized carbons (Fsp3) is 0.200. The van der Waals surface area contributed by atoms with Crippen LogP contribution in [-0.4, -0.2) is 29.9 Å². The maximum atomic E-state index is 13.4. The molecule has 170 valence electrons. The van der Waals surface area contributed by atoms with Crippen LogP contribution in [0.1, 0.15) is 27.9 Å². The Morgan fingerprint density at radius 3 is 2.48 bits per heavy atom. The van der Waals surface area contributed by atoms with E-state index in [1.54, 1.807) is 21.9 Å². The van der Waals surface area contributed by atoms with Crippen molar-refractivity contribution in [3.8, 4) is 0 Å². The van der Waals surface area contributed by atoms with Crippen molar-refractivity contribution in [2.75, 3.05) is 23.3 Å². The number of anilines is 2. The van der Waals surface area contributed by atoms with Crippen LogP contribution in [0.2, 0.25) is 10.0 Å². The summed E-state index contributed by atoms with van der Waals surface area (Å²) in [5.41, 5.74) is 3.28. The van der Waals surface area contributed by atoms with Crippen LogP contribution in [0.3, 0.4) is 0 Å². The minimum atomic E-state index is -0.413. The summed E-state index contributed by atoms with van der Waals surface area (Å²) in [6.07, 6.45) is 0.770. The fourth-order valence-corrected chi connectivity index (χ4v) is 4.11. The number of rotatable bonds is 5. The summed E-state index contributed by atoms with van der Waals surface area (Å²) < 4.78 is 13.2. The standard InChI is InChI=1S/C25H22Cl2FN3O2/c1-16-3-10-23(22(13-16)29-24(32)18-5-7-19(28)8-6-18)31-12-2-11-30(25(31)33)15-17-4-9-20(26)21(27)14-17/h3-10,13-14H,2,11-12,15H2,1H3,(H,29,32). The van der Waals surface area contributed by atoms with Gasteiger partial charge < -0.3 is 10.2 Å². The van der Waals surface area contributed by atoms with Gasteiger partial charge in [0.25, 0.3) is 5.91 Å². The first-order valence-electron chi connectivity index (χ1n) is 10.5. The number of hydrogen-bond acceptors (Lipinski definition) is 2. The van der Waals surface area contributed by atoms with Gasteiger partial charge in [-0.15, -0.1) is 0 Å². The highest BCUT2D eigenvalue weighted by Gasteiger charge is 2.29. The third-order valence-corrected chi connectivity index (χ3v) is 6.21. The summed E-state index contributed by atoms with van der Waals surface area (Å²) in [5, 5.41) is 3.79. The zero-order valence-corrected chi connectivity index (χ0v) is 19.5. The maximum absolute atomic E-state index is 13.4. The van der Waals surface area contributed by atoms with Gasteiger partial charge in [-0.25, -0.2) is 9.18 Å². The predicted molar refractivity (Wildman–Crippen MR) is 130 cm³/mol. The molecule has 0 radical (unpaired) electrons. The Morgan fingerprint density at radius 1 is 1.00 bits per heavy atom. The van der Waals surface area contributed by atoms with E-state index >= 15 is 0 Å². The van der Waals surface area contributed by atoms with Gasteiger partial charge in [0, 0.05) is 25.2 Å². The molecule has 3 aromatic carbocycles. The van der Waals surface area contributed by atoms with E-state index in [0.717, 1.165) is 17.5 Å². The second-order valence-corrected chi connectivity index (χ2v) is 8.75. The number of nitrogens with one attached hydrogen (secondary N) is 1. The molecular weight excluding hydrogens is 464 g/mol. The predicted octanol–water partition coefficient (Wildman–Crippen LogP) is 6.53. The van der Waals surface area contributed by atoms with Crippen LogP contribution in [0.5, 0.6) is 0 Å². The molecule has 0 saturated carbocycles. The van der Waals surface area contributed by atoms with Gasteiger partial charge in [0.2, 0.25) is 0 Å². The first kappa shape index (κ1) is 23.1. The number of aryl methyl sites for hydroxylation is 1. The fourth-order valence-electron chi connectivity index (χ4n) is 3.79. The molecule has 3 amide bonds. The highest BCUT2D eigenvalue weighted by atomic mass is 35.5. The third kappa shape index (κ3) is 5.29. The normalized spacial score (nSPS) is 13.9. The monoisotopic (exact) mass is 485 g/mol.